The molecule has 1 aliphatic carbocycles. The number of carbonyl (C=O) groups excluding carboxylic acids is 1. The lowest BCUT2D eigenvalue weighted by Gasteiger charge is -2.37. The average Bonchev–Trinajstić information content (AvgIpc) is 2.38. The Morgan fingerprint density at radius 3 is 2.56 bits per heavy atom. The molecule has 0 saturated heterocycles. The molecule has 1 rings (SSSR count). The van der Waals surface area contributed by atoms with Gasteiger partial charge in [-0.1, -0.05) is 44.7 Å². The summed E-state index contributed by atoms with van der Waals surface area (Å²) in [5, 5.41) is 15.0. The predicted octanol–water partition coefficient (Wildman–Crippen LogP) is 1.99. The summed E-state index contributed by atoms with van der Waals surface area (Å²) in [6.45, 7) is 4.12. The largest absolute Gasteiger partial charge is 0.409 e. The van der Waals surface area contributed by atoms with Gasteiger partial charge < -0.3 is 16.3 Å². The summed E-state index contributed by atoms with van der Waals surface area (Å²) in [6.07, 6.45) is 6.13. The molecule has 5 heteroatoms. The zero-order chi connectivity index (χ0) is 13.6. The summed E-state index contributed by atoms with van der Waals surface area (Å²) in [5.41, 5.74) is 5.15. The molecule has 1 fully saturated rings. The Hall–Kier alpha value is -1.26. The normalized spacial score (nSPS) is 21.3. The molecular weight excluding hydrogens is 230 g/mol. The number of hydrogen-bond acceptors (Lipinski definition) is 3. The van der Waals surface area contributed by atoms with Crippen LogP contribution in [0.15, 0.2) is 5.16 Å². The second-order valence-corrected chi connectivity index (χ2v) is 5.39. The van der Waals surface area contributed by atoms with E-state index in [1.54, 1.807) is 0 Å². The molecule has 4 N–H and O–H groups in total. The molecule has 0 aliphatic heterocycles. The third kappa shape index (κ3) is 3.62. The SMILES string of the molecule is CCC(C)CC(=O)NC1(C(N)=NO)CCCCC1. The first-order chi connectivity index (χ1) is 8.54. The Morgan fingerprint density at radius 2 is 2.06 bits per heavy atom. The van der Waals surface area contributed by atoms with Crippen molar-refractivity contribution in [2.75, 3.05) is 0 Å². The van der Waals surface area contributed by atoms with E-state index in [1.807, 2.05) is 0 Å². The molecule has 5 nitrogen and oxygen atoms in total. The van der Waals surface area contributed by atoms with Gasteiger partial charge in [-0.05, 0) is 18.8 Å². The number of nitrogens with two attached hydrogens (primary N) is 1. The summed E-state index contributed by atoms with van der Waals surface area (Å²) in [4.78, 5) is 12.0. The van der Waals surface area contributed by atoms with Gasteiger partial charge >= 0.3 is 0 Å². The predicted molar refractivity (Wildman–Crippen MR) is 71.4 cm³/mol. The van der Waals surface area contributed by atoms with Gasteiger partial charge in [-0.15, -0.1) is 0 Å². The van der Waals surface area contributed by atoms with E-state index in [9.17, 15) is 4.79 Å². The molecule has 1 aliphatic rings. The molecule has 1 saturated carbocycles. The van der Waals surface area contributed by atoms with Crippen LogP contribution in [0.4, 0.5) is 0 Å². The van der Waals surface area contributed by atoms with Crippen molar-refractivity contribution in [1.82, 2.24) is 5.32 Å². The lowest BCUT2D eigenvalue weighted by atomic mass is 9.80. The van der Waals surface area contributed by atoms with Gasteiger partial charge in [0, 0.05) is 6.42 Å². The second-order valence-electron chi connectivity index (χ2n) is 5.39. The lowest BCUT2D eigenvalue weighted by Crippen LogP contribution is -2.58. The lowest BCUT2D eigenvalue weighted by molar-refractivity contribution is -0.123. The standard InChI is InChI=1S/C13H25N3O2/c1-3-10(2)9-11(17)15-13(12(14)16-18)7-5-4-6-8-13/h10,18H,3-9H2,1-2H3,(H2,14,16)(H,15,17). The van der Waals surface area contributed by atoms with Gasteiger partial charge in [0.1, 0.15) is 5.54 Å². The fraction of sp³-hybridized carbons (Fsp3) is 0.846. The number of amides is 1. The maximum absolute atomic E-state index is 12.0. The van der Waals surface area contributed by atoms with Gasteiger partial charge in [0.05, 0.1) is 0 Å². The Bertz CT molecular complexity index is 309. The highest BCUT2D eigenvalue weighted by Crippen LogP contribution is 2.28. The molecule has 0 radical (unpaired) electrons. The second kappa shape index (κ2) is 6.61. The summed E-state index contributed by atoms with van der Waals surface area (Å²) in [6, 6.07) is 0. The zero-order valence-corrected chi connectivity index (χ0v) is 11.4. The van der Waals surface area contributed by atoms with Crippen LogP contribution in [0.1, 0.15) is 58.8 Å². The summed E-state index contributed by atoms with van der Waals surface area (Å²) >= 11 is 0. The van der Waals surface area contributed by atoms with Gasteiger partial charge in [0.25, 0.3) is 0 Å². The van der Waals surface area contributed by atoms with E-state index in [2.05, 4.69) is 24.3 Å². The van der Waals surface area contributed by atoms with Crippen molar-refractivity contribution >= 4 is 11.7 Å². The maximum Gasteiger partial charge on any atom is 0.221 e. The Kier molecular flexibility index (Phi) is 5.44. The Morgan fingerprint density at radius 1 is 1.44 bits per heavy atom. The quantitative estimate of drug-likeness (QED) is 0.304. The smallest absolute Gasteiger partial charge is 0.221 e. The van der Waals surface area contributed by atoms with E-state index >= 15 is 0 Å². The van der Waals surface area contributed by atoms with E-state index in [0.717, 1.165) is 38.5 Å². The highest BCUT2D eigenvalue weighted by molar-refractivity contribution is 5.94. The summed E-state index contributed by atoms with van der Waals surface area (Å²) in [5.74, 6) is 0.496. The van der Waals surface area contributed by atoms with Gasteiger partial charge in [-0.25, -0.2) is 0 Å². The maximum atomic E-state index is 12.0. The van der Waals surface area contributed by atoms with E-state index in [0.29, 0.717) is 12.3 Å². The van der Waals surface area contributed by atoms with Crippen LogP contribution in [-0.4, -0.2) is 22.5 Å². The molecule has 104 valence electrons. The third-order valence-electron chi connectivity index (χ3n) is 3.91. The summed E-state index contributed by atoms with van der Waals surface area (Å²) < 4.78 is 0. The number of carbonyl (C=O) groups is 1. The fourth-order valence-electron chi connectivity index (χ4n) is 2.47. The van der Waals surface area contributed by atoms with Crippen molar-refractivity contribution in [2.24, 2.45) is 16.8 Å². The van der Waals surface area contributed by atoms with Gasteiger partial charge in [-0.2, -0.15) is 0 Å². The van der Waals surface area contributed by atoms with Crippen LogP contribution in [0.5, 0.6) is 0 Å². The molecule has 0 aromatic rings. The first kappa shape index (κ1) is 14.8. The van der Waals surface area contributed by atoms with Gasteiger partial charge in [0.15, 0.2) is 5.84 Å². The molecule has 1 atom stereocenters. The highest BCUT2D eigenvalue weighted by atomic mass is 16.4. The number of hydrogen-bond donors (Lipinski definition) is 3. The number of nitrogens with one attached hydrogen (secondary N) is 1. The van der Waals surface area contributed by atoms with Crippen molar-refractivity contribution in [3.63, 3.8) is 0 Å². The van der Waals surface area contributed by atoms with Crippen molar-refractivity contribution in [3.05, 3.63) is 0 Å². The molecular formula is C13H25N3O2. The van der Waals surface area contributed by atoms with Crippen LogP contribution >= 0.6 is 0 Å². The Labute approximate surface area is 109 Å². The molecule has 0 aromatic heterocycles. The van der Waals surface area contributed by atoms with Crippen LogP contribution < -0.4 is 11.1 Å². The van der Waals surface area contributed by atoms with Crippen LogP contribution in [0.3, 0.4) is 0 Å². The van der Waals surface area contributed by atoms with E-state index in [4.69, 9.17) is 10.9 Å². The zero-order valence-electron chi connectivity index (χ0n) is 11.4. The molecule has 0 bridgehead atoms. The monoisotopic (exact) mass is 255 g/mol. The van der Waals surface area contributed by atoms with Gasteiger partial charge in [-0.3, -0.25) is 4.79 Å². The minimum absolute atomic E-state index is 0.00199. The molecule has 1 amide bonds. The van der Waals surface area contributed by atoms with E-state index in [1.165, 1.54) is 0 Å². The first-order valence-corrected chi connectivity index (χ1v) is 6.83. The molecule has 0 spiro atoms. The third-order valence-corrected chi connectivity index (χ3v) is 3.91. The highest BCUT2D eigenvalue weighted by Gasteiger charge is 2.38. The average molecular weight is 255 g/mol. The van der Waals surface area contributed by atoms with Crippen molar-refractivity contribution in [3.8, 4) is 0 Å². The van der Waals surface area contributed by atoms with Crippen LogP contribution in [0.2, 0.25) is 0 Å². The topological polar surface area (TPSA) is 87.7 Å². The minimum Gasteiger partial charge on any atom is -0.409 e. The number of nitrogens with zero attached hydrogens (tertiary/aromatic N) is 1. The van der Waals surface area contributed by atoms with Crippen LogP contribution in [-0.2, 0) is 4.79 Å². The molecule has 1 unspecified atom stereocenters. The molecule has 0 heterocycles. The van der Waals surface area contributed by atoms with Gasteiger partial charge in [0.2, 0.25) is 5.91 Å². The Balaban J connectivity index is 2.70. The van der Waals surface area contributed by atoms with E-state index < -0.39 is 5.54 Å². The summed E-state index contributed by atoms with van der Waals surface area (Å²) in [7, 11) is 0. The minimum atomic E-state index is -0.627. The fourth-order valence-corrected chi connectivity index (χ4v) is 2.47. The van der Waals surface area contributed by atoms with Crippen LogP contribution in [0, 0.1) is 5.92 Å². The first-order valence-electron chi connectivity index (χ1n) is 6.83. The number of oxime groups is 1. The molecule has 18 heavy (non-hydrogen) atoms. The molecule has 0 aromatic carbocycles. The number of rotatable bonds is 5. The number of amidine groups is 1. The van der Waals surface area contributed by atoms with Crippen LogP contribution in [0.25, 0.3) is 0 Å². The van der Waals surface area contributed by atoms with Crippen molar-refractivity contribution in [2.45, 2.75) is 64.3 Å². The van der Waals surface area contributed by atoms with Crippen molar-refractivity contribution < 1.29 is 10.0 Å². The van der Waals surface area contributed by atoms with Crippen molar-refractivity contribution in [1.29, 1.82) is 0 Å². The van der Waals surface area contributed by atoms with E-state index in [-0.39, 0.29) is 11.7 Å².